The summed E-state index contributed by atoms with van der Waals surface area (Å²) in [5, 5.41) is 0. The average molecular weight is 311 g/mol. The Bertz CT molecular complexity index is 600. The molecule has 0 aliphatic carbocycles. The SMILES string of the molecule is C[C@@H]1CCCN(CCOc2cccc(Oc3ccccc3)c2)C1. The molecule has 2 aromatic rings. The van der Waals surface area contributed by atoms with Gasteiger partial charge in [0.25, 0.3) is 0 Å². The Labute approximate surface area is 138 Å². The van der Waals surface area contributed by atoms with Crippen LogP contribution < -0.4 is 9.47 Å². The predicted molar refractivity (Wildman–Crippen MR) is 93.3 cm³/mol. The third-order valence-corrected chi connectivity index (χ3v) is 4.20. The molecular weight excluding hydrogens is 286 g/mol. The van der Waals surface area contributed by atoms with E-state index in [0.717, 1.165) is 36.3 Å². The molecule has 1 saturated heterocycles. The number of rotatable bonds is 6. The molecule has 0 saturated carbocycles. The van der Waals surface area contributed by atoms with E-state index >= 15 is 0 Å². The quantitative estimate of drug-likeness (QED) is 0.779. The van der Waals surface area contributed by atoms with Gasteiger partial charge in [0.05, 0.1) is 0 Å². The van der Waals surface area contributed by atoms with Gasteiger partial charge < -0.3 is 9.47 Å². The highest BCUT2D eigenvalue weighted by molar-refractivity contribution is 5.36. The molecular formula is C20H25NO2. The number of hydrogen-bond acceptors (Lipinski definition) is 3. The van der Waals surface area contributed by atoms with Gasteiger partial charge in [-0.2, -0.15) is 0 Å². The first-order chi connectivity index (χ1) is 11.3. The standard InChI is InChI=1S/C20H25NO2/c1-17-7-6-12-21(16-17)13-14-22-19-10-5-11-20(15-19)23-18-8-3-2-4-9-18/h2-5,8-11,15,17H,6-7,12-14,16H2,1H3/t17-/m1/s1. The van der Waals surface area contributed by atoms with Crippen LogP contribution in [0.4, 0.5) is 0 Å². The highest BCUT2D eigenvalue weighted by Gasteiger charge is 2.15. The molecule has 1 heterocycles. The van der Waals surface area contributed by atoms with E-state index < -0.39 is 0 Å². The topological polar surface area (TPSA) is 21.7 Å². The van der Waals surface area contributed by atoms with Crippen molar-refractivity contribution >= 4 is 0 Å². The highest BCUT2D eigenvalue weighted by atomic mass is 16.5. The van der Waals surface area contributed by atoms with Crippen molar-refractivity contribution in [1.29, 1.82) is 0 Å². The zero-order valence-electron chi connectivity index (χ0n) is 13.8. The van der Waals surface area contributed by atoms with Crippen molar-refractivity contribution in [2.75, 3.05) is 26.2 Å². The van der Waals surface area contributed by atoms with Gasteiger partial charge in [-0.05, 0) is 49.6 Å². The van der Waals surface area contributed by atoms with Crippen molar-refractivity contribution < 1.29 is 9.47 Å². The minimum Gasteiger partial charge on any atom is -0.492 e. The lowest BCUT2D eigenvalue weighted by Gasteiger charge is -2.30. The van der Waals surface area contributed by atoms with Crippen molar-refractivity contribution in [3.8, 4) is 17.2 Å². The van der Waals surface area contributed by atoms with Crippen LogP contribution in [0.15, 0.2) is 54.6 Å². The van der Waals surface area contributed by atoms with E-state index in [1.165, 1.54) is 25.9 Å². The van der Waals surface area contributed by atoms with Crippen LogP contribution in [0.3, 0.4) is 0 Å². The minimum absolute atomic E-state index is 0.724. The first-order valence-electron chi connectivity index (χ1n) is 8.48. The van der Waals surface area contributed by atoms with Gasteiger partial charge in [0.1, 0.15) is 23.9 Å². The number of likely N-dealkylation sites (tertiary alicyclic amines) is 1. The van der Waals surface area contributed by atoms with Gasteiger partial charge in [-0.1, -0.05) is 31.2 Å². The molecule has 122 valence electrons. The number of nitrogens with zero attached hydrogens (tertiary/aromatic N) is 1. The van der Waals surface area contributed by atoms with E-state index in [9.17, 15) is 0 Å². The second kappa shape index (κ2) is 8.02. The molecule has 1 atom stereocenters. The van der Waals surface area contributed by atoms with Crippen molar-refractivity contribution in [2.45, 2.75) is 19.8 Å². The Morgan fingerprint density at radius 1 is 1.00 bits per heavy atom. The smallest absolute Gasteiger partial charge is 0.131 e. The molecule has 2 aromatic carbocycles. The molecule has 1 aliphatic rings. The van der Waals surface area contributed by atoms with E-state index in [1.807, 2.05) is 54.6 Å². The number of para-hydroxylation sites is 1. The summed E-state index contributed by atoms with van der Waals surface area (Å²) in [7, 11) is 0. The van der Waals surface area contributed by atoms with Gasteiger partial charge in [0, 0.05) is 19.2 Å². The lowest BCUT2D eigenvalue weighted by atomic mass is 10.0. The molecule has 0 N–H and O–H groups in total. The van der Waals surface area contributed by atoms with Crippen LogP contribution >= 0.6 is 0 Å². The van der Waals surface area contributed by atoms with Crippen LogP contribution in [0, 0.1) is 5.92 Å². The molecule has 0 unspecified atom stereocenters. The fraction of sp³-hybridized carbons (Fsp3) is 0.400. The zero-order chi connectivity index (χ0) is 15.9. The van der Waals surface area contributed by atoms with Gasteiger partial charge in [-0.3, -0.25) is 4.90 Å². The normalized spacial score (nSPS) is 18.6. The highest BCUT2D eigenvalue weighted by Crippen LogP contribution is 2.25. The fourth-order valence-electron chi connectivity index (χ4n) is 3.03. The van der Waals surface area contributed by atoms with E-state index in [0.29, 0.717) is 0 Å². The Morgan fingerprint density at radius 3 is 2.61 bits per heavy atom. The summed E-state index contributed by atoms with van der Waals surface area (Å²) >= 11 is 0. The van der Waals surface area contributed by atoms with E-state index in [-0.39, 0.29) is 0 Å². The molecule has 0 aromatic heterocycles. The van der Waals surface area contributed by atoms with E-state index in [2.05, 4.69) is 11.8 Å². The first kappa shape index (κ1) is 15.9. The molecule has 0 bridgehead atoms. The van der Waals surface area contributed by atoms with Crippen molar-refractivity contribution in [1.82, 2.24) is 4.90 Å². The zero-order valence-corrected chi connectivity index (χ0v) is 13.8. The van der Waals surface area contributed by atoms with Gasteiger partial charge in [-0.15, -0.1) is 0 Å². The number of benzene rings is 2. The van der Waals surface area contributed by atoms with E-state index in [1.54, 1.807) is 0 Å². The van der Waals surface area contributed by atoms with Gasteiger partial charge in [0.2, 0.25) is 0 Å². The number of hydrogen-bond donors (Lipinski definition) is 0. The fourth-order valence-corrected chi connectivity index (χ4v) is 3.03. The summed E-state index contributed by atoms with van der Waals surface area (Å²) in [5.41, 5.74) is 0. The summed E-state index contributed by atoms with van der Waals surface area (Å²) in [6.07, 6.45) is 2.66. The Hall–Kier alpha value is -2.00. The third kappa shape index (κ3) is 5.00. The average Bonchev–Trinajstić information content (AvgIpc) is 2.56. The summed E-state index contributed by atoms with van der Waals surface area (Å²) in [5.74, 6) is 3.32. The van der Waals surface area contributed by atoms with Crippen LogP contribution in [0.25, 0.3) is 0 Å². The predicted octanol–water partition coefficient (Wildman–Crippen LogP) is 4.59. The van der Waals surface area contributed by atoms with Gasteiger partial charge in [0.15, 0.2) is 0 Å². The maximum atomic E-state index is 5.90. The molecule has 23 heavy (non-hydrogen) atoms. The van der Waals surface area contributed by atoms with Crippen LogP contribution in [0.5, 0.6) is 17.2 Å². The lowest BCUT2D eigenvalue weighted by Crippen LogP contribution is -2.37. The van der Waals surface area contributed by atoms with Crippen molar-refractivity contribution in [2.24, 2.45) is 5.92 Å². The summed E-state index contributed by atoms with van der Waals surface area (Å²) < 4.78 is 11.7. The minimum atomic E-state index is 0.724. The Balaban J connectivity index is 1.49. The third-order valence-electron chi connectivity index (χ3n) is 4.20. The van der Waals surface area contributed by atoms with Gasteiger partial charge in [-0.25, -0.2) is 0 Å². The number of ether oxygens (including phenoxy) is 2. The first-order valence-corrected chi connectivity index (χ1v) is 8.48. The van der Waals surface area contributed by atoms with Crippen LogP contribution in [0.1, 0.15) is 19.8 Å². The summed E-state index contributed by atoms with van der Waals surface area (Å²) in [6, 6.07) is 17.7. The molecule has 3 heteroatoms. The van der Waals surface area contributed by atoms with Gasteiger partial charge >= 0.3 is 0 Å². The lowest BCUT2D eigenvalue weighted by molar-refractivity contribution is 0.153. The molecule has 3 nitrogen and oxygen atoms in total. The Morgan fingerprint density at radius 2 is 1.78 bits per heavy atom. The van der Waals surface area contributed by atoms with Crippen LogP contribution in [-0.4, -0.2) is 31.1 Å². The second-order valence-electron chi connectivity index (χ2n) is 6.29. The molecule has 0 spiro atoms. The molecule has 0 amide bonds. The number of piperidine rings is 1. The monoisotopic (exact) mass is 311 g/mol. The van der Waals surface area contributed by atoms with Crippen LogP contribution in [-0.2, 0) is 0 Å². The maximum Gasteiger partial charge on any atom is 0.131 e. The maximum absolute atomic E-state index is 5.90. The second-order valence-corrected chi connectivity index (χ2v) is 6.29. The molecule has 3 rings (SSSR count). The van der Waals surface area contributed by atoms with Crippen LogP contribution in [0.2, 0.25) is 0 Å². The Kier molecular flexibility index (Phi) is 5.54. The summed E-state index contributed by atoms with van der Waals surface area (Å²) in [4.78, 5) is 2.50. The molecule has 1 aliphatic heterocycles. The largest absolute Gasteiger partial charge is 0.492 e. The van der Waals surface area contributed by atoms with Crippen molar-refractivity contribution in [3.63, 3.8) is 0 Å². The van der Waals surface area contributed by atoms with Crippen molar-refractivity contribution in [3.05, 3.63) is 54.6 Å². The molecule has 1 fully saturated rings. The summed E-state index contributed by atoms with van der Waals surface area (Å²) in [6.45, 7) is 6.44. The molecule has 0 radical (unpaired) electrons. The van der Waals surface area contributed by atoms with E-state index in [4.69, 9.17) is 9.47 Å².